The molecule has 0 aromatic heterocycles. The van der Waals surface area contributed by atoms with Gasteiger partial charge in [-0.25, -0.2) is 0 Å². The lowest BCUT2D eigenvalue weighted by Gasteiger charge is -2.10. The number of hydrogen-bond acceptors (Lipinski definition) is 3. The molecule has 0 atom stereocenters. The Morgan fingerprint density at radius 2 is 1.83 bits per heavy atom. The number of carbonyl (C=O) groups excluding carboxylic acids is 1. The topological polar surface area (TPSA) is 47.6 Å². The van der Waals surface area contributed by atoms with E-state index in [0.29, 0.717) is 27.8 Å². The number of rotatable bonds is 3. The maximum Gasteiger partial charge on any atom is 0.256 e. The van der Waals surface area contributed by atoms with Crippen LogP contribution < -0.4 is 14.8 Å². The standard InChI is InChI=1S/C17H13BrClNO3/c1-22-15-6-9(13(18)8-16(15)23-2)5-12-11-4-3-10(19)7-14(11)20-17(12)21/h3-8H,1-2H3,(H,20,21). The Hall–Kier alpha value is -1.98. The maximum atomic E-state index is 12.2. The molecule has 1 aliphatic heterocycles. The first-order chi connectivity index (χ1) is 11.0. The van der Waals surface area contributed by atoms with Crippen molar-refractivity contribution in [1.82, 2.24) is 0 Å². The Labute approximate surface area is 147 Å². The number of halogens is 2. The van der Waals surface area contributed by atoms with E-state index >= 15 is 0 Å². The molecule has 23 heavy (non-hydrogen) atoms. The second kappa shape index (κ2) is 6.26. The second-order valence-corrected chi connectivity index (χ2v) is 6.22. The van der Waals surface area contributed by atoms with Gasteiger partial charge in [0.1, 0.15) is 0 Å². The molecule has 0 aliphatic carbocycles. The van der Waals surface area contributed by atoms with Crippen LogP contribution >= 0.6 is 27.5 Å². The van der Waals surface area contributed by atoms with Gasteiger partial charge >= 0.3 is 0 Å². The van der Waals surface area contributed by atoms with Gasteiger partial charge < -0.3 is 14.8 Å². The maximum absolute atomic E-state index is 12.2. The lowest BCUT2D eigenvalue weighted by molar-refractivity contribution is -0.110. The van der Waals surface area contributed by atoms with Crippen LogP contribution in [-0.4, -0.2) is 20.1 Å². The molecule has 0 saturated carbocycles. The van der Waals surface area contributed by atoms with E-state index in [1.54, 1.807) is 38.5 Å². The fourth-order valence-corrected chi connectivity index (χ4v) is 3.05. The first-order valence-corrected chi connectivity index (χ1v) is 7.95. The molecular formula is C17H13BrClNO3. The van der Waals surface area contributed by atoms with Crippen molar-refractivity contribution in [1.29, 1.82) is 0 Å². The van der Waals surface area contributed by atoms with Gasteiger partial charge in [0.05, 0.1) is 19.9 Å². The first-order valence-electron chi connectivity index (χ1n) is 6.78. The van der Waals surface area contributed by atoms with E-state index in [4.69, 9.17) is 21.1 Å². The molecule has 3 rings (SSSR count). The number of hydrogen-bond donors (Lipinski definition) is 1. The smallest absolute Gasteiger partial charge is 0.256 e. The summed E-state index contributed by atoms with van der Waals surface area (Å²) in [4.78, 5) is 12.2. The van der Waals surface area contributed by atoms with Crippen molar-refractivity contribution < 1.29 is 14.3 Å². The molecule has 1 amide bonds. The summed E-state index contributed by atoms with van der Waals surface area (Å²) in [5.74, 6) is 1.05. The Kier molecular flexibility index (Phi) is 4.33. The van der Waals surface area contributed by atoms with Gasteiger partial charge in [0, 0.05) is 20.6 Å². The predicted octanol–water partition coefficient (Wildman–Crippen LogP) is 4.61. The van der Waals surface area contributed by atoms with Gasteiger partial charge in [0.25, 0.3) is 5.91 Å². The van der Waals surface area contributed by atoms with Crippen molar-refractivity contribution in [3.8, 4) is 11.5 Å². The number of benzene rings is 2. The van der Waals surface area contributed by atoms with Crippen LogP contribution in [0.1, 0.15) is 11.1 Å². The summed E-state index contributed by atoms with van der Waals surface area (Å²) >= 11 is 9.47. The van der Waals surface area contributed by atoms with Crippen molar-refractivity contribution in [2.45, 2.75) is 0 Å². The first kappa shape index (κ1) is 15.9. The van der Waals surface area contributed by atoms with Gasteiger partial charge in [-0.3, -0.25) is 4.79 Å². The minimum atomic E-state index is -0.163. The van der Waals surface area contributed by atoms with Crippen LogP contribution in [0.25, 0.3) is 11.6 Å². The van der Waals surface area contributed by atoms with E-state index in [0.717, 1.165) is 15.6 Å². The van der Waals surface area contributed by atoms with Gasteiger partial charge in [-0.15, -0.1) is 0 Å². The monoisotopic (exact) mass is 393 g/mol. The molecule has 0 saturated heterocycles. The average Bonchev–Trinajstić information content (AvgIpc) is 2.83. The molecule has 6 heteroatoms. The Bertz CT molecular complexity index is 833. The van der Waals surface area contributed by atoms with E-state index in [1.807, 2.05) is 12.1 Å². The third kappa shape index (κ3) is 2.94. The lowest BCUT2D eigenvalue weighted by Crippen LogP contribution is -2.03. The summed E-state index contributed by atoms with van der Waals surface area (Å²) in [6, 6.07) is 8.95. The molecule has 0 spiro atoms. The van der Waals surface area contributed by atoms with Crippen LogP contribution in [0.3, 0.4) is 0 Å². The number of carbonyl (C=O) groups is 1. The van der Waals surface area contributed by atoms with Crippen LogP contribution in [0.5, 0.6) is 11.5 Å². The van der Waals surface area contributed by atoms with Crippen molar-refractivity contribution in [3.05, 3.63) is 51.0 Å². The zero-order chi connectivity index (χ0) is 16.6. The molecule has 1 N–H and O–H groups in total. The Morgan fingerprint density at radius 1 is 1.13 bits per heavy atom. The number of amides is 1. The molecule has 0 unspecified atom stereocenters. The predicted molar refractivity (Wildman–Crippen MR) is 95.2 cm³/mol. The van der Waals surface area contributed by atoms with Crippen molar-refractivity contribution in [3.63, 3.8) is 0 Å². The summed E-state index contributed by atoms with van der Waals surface area (Å²) in [6.07, 6.45) is 1.81. The van der Waals surface area contributed by atoms with E-state index in [9.17, 15) is 4.79 Å². The normalized spacial score (nSPS) is 14.6. The number of methoxy groups -OCH3 is 2. The number of anilines is 1. The van der Waals surface area contributed by atoms with Crippen LogP contribution in [0.15, 0.2) is 34.8 Å². The summed E-state index contributed by atoms with van der Waals surface area (Å²) in [5, 5.41) is 3.40. The third-order valence-electron chi connectivity index (χ3n) is 3.57. The second-order valence-electron chi connectivity index (χ2n) is 4.93. The molecule has 118 valence electrons. The minimum Gasteiger partial charge on any atom is -0.493 e. The highest BCUT2D eigenvalue weighted by molar-refractivity contribution is 9.10. The van der Waals surface area contributed by atoms with Gasteiger partial charge in [-0.2, -0.15) is 0 Å². The molecule has 1 aliphatic rings. The summed E-state index contributed by atoms with van der Waals surface area (Å²) < 4.78 is 11.4. The van der Waals surface area contributed by atoms with E-state index in [-0.39, 0.29) is 5.91 Å². The quantitative estimate of drug-likeness (QED) is 0.773. The Balaban J connectivity index is 2.11. The highest BCUT2D eigenvalue weighted by Crippen LogP contribution is 2.38. The van der Waals surface area contributed by atoms with Gasteiger partial charge in [-0.05, 0) is 35.9 Å². The minimum absolute atomic E-state index is 0.163. The van der Waals surface area contributed by atoms with Gasteiger partial charge in [0.2, 0.25) is 0 Å². The number of ether oxygens (including phenoxy) is 2. The number of nitrogens with one attached hydrogen (secondary N) is 1. The van der Waals surface area contributed by atoms with Crippen molar-refractivity contribution in [2.24, 2.45) is 0 Å². The van der Waals surface area contributed by atoms with E-state index < -0.39 is 0 Å². The zero-order valence-electron chi connectivity index (χ0n) is 12.4. The molecule has 0 fully saturated rings. The van der Waals surface area contributed by atoms with Gasteiger partial charge in [0.15, 0.2) is 11.5 Å². The fourth-order valence-electron chi connectivity index (χ4n) is 2.45. The molecule has 2 aromatic carbocycles. The lowest BCUT2D eigenvalue weighted by atomic mass is 10.0. The third-order valence-corrected chi connectivity index (χ3v) is 4.49. The molecular weight excluding hydrogens is 382 g/mol. The van der Waals surface area contributed by atoms with Crippen LogP contribution in [-0.2, 0) is 4.79 Å². The number of fused-ring (bicyclic) bond motifs is 1. The molecule has 4 nitrogen and oxygen atoms in total. The molecule has 0 bridgehead atoms. The SMILES string of the molecule is COc1cc(Br)c(C=C2C(=O)Nc3cc(Cl)ccc32)cc1OC. The van der Waals surface area contributed by atoms with Gasteiger partial charge in [-0.1, -0.05) is 33.6 Å². The van der Waals surface area contributed by atoms with Crippen LogP contribution in [0, 0.1) is 0 Å². The zero-order valence-corrected chi connectivity index (χ0v) is 14.8. The van der Waals surface area contributed by atoms with Crippen molar-refractivity contribution in [2.75, 3.05) is 19.5 Å². The average molecular weight is 395 g/mol. The fraction of sp³-hybridized carbons (Fsp3) is 0.118. The van der Waals surface area contributed by atoms with Crippen LogP contribution in [0.4, 0.5) is 5.69 Å². The molecule has 1 heterocycles. The molecule has 2 aromatic rings. The van der Waals surface area contributed by atoms with E-state index in [2.05, 4.69) is 21.2 Å². The highest BCUT2D eigenvalue weighted by atomic mass is 79.9. The van der Waals surface area contributed by atoms with Crippen LogP contribution in [0.2, 0.25) is 5.02 Å². The van der Waals surface area contributed by atoms with Crippen molar-refractivity contribution >= 4 is 50.8 Å². The summed E-state index contributed by atoms with van der Waals surface area (Å²) in [5.41, 5.74) is 2.92. The summed E-state index contributed by atoms with van der Waals surface area (Å²) in [6.45, 7) is 0. The Morgan fingerprint density at radius 3 is 2.52 bits per heavy atom. The summed E-state index contributed by atoms with van der Waals surface area (Å²) in [7, 11) is 3.15. The highest BCUT2D eigenvalue weighted by Gasteiger charge is 2.24. The largest absolute Gasteiger partial charge is 0.493 e. The molecule has 0 radical (unpaired) electrons. The van der Waals surface area contributed by atoms with E-state index in [1.165, 1.54) is 0 Å².